The van der Waals surface area contributed by atoms with Gasteiger partial charge in [-0.05, 0) is 0 Å². The van der Waals surface area contributed by atoms with E-state index in [1.807, 2.05) is 0 Å². The molecule has 1 aromatic rings. The minimum absolute atomic E-state index is 0.0560. The number of hydrogen-bond acceptors (Lipinski definition) is 5. The molecule has 1 N–H and O–H groups in total. The van der Waals surface area contributed by atoms with Crippen molar-refractivity contribution in [3.8, 4) is 11.5 Å². The van der Waals surface area contributed by atoms with E-state index >= 15 is 0 Å². The molecule has 0 aromatic carbocycles. The first-order chi connectivity index (χ1) is 8.76. The zero-order chi connectivity index (χ0) is 14.6. The van der Waals surface area contributed by atoms with Gasteiger partial charge in [0.1, 0.15) is 5.69 Å². The minimum atomic E-state index is -4.98. The summed E-state index contributed by atoms with van der Waals surface area (Å²) in [6.07, 6.45) is -5.35. The first-order valence-electron chi connectivity index (χ1n) is 4.87. The van der Waals surface area contributed by atoms with Crippen LogP contribution < -0.4 is 4.74 Å². The van der Waals surface area contributed by atoms with Crippen molar-refractivity contribution in [3.63, 3.8) is 0 Å². The molecule has 1 rings (SSSR count). The van der Waals surface area contributed by atoms with Crippen LogP contribution in [0.3, 0.4) is 0 Å². The standard InChI is InChI=1S/C10H9ClF3NO4/c1-18-8(16)3-5-2-7(19-10(12,13)14)9(17)6(4-11)15-5/h2,17H,3-4H2,1H3. The van der Waals surface area contributed by atoms with E-state index in [0.29, 0.717) is 0 Å². The molecule has 1 aromatic heterocycles. The summed E-state index contributed by atoms with van der Waals surface area (Å²) in [6.45, 7) is 0. The van der Waals surface area contributed by atoms with Crippen molar-refractivity contribution in [3.05, 3.63) is 17.5 Å². The van der Waals surface area contributed by atoms with E-state index < -0.39 is 23.8 Å². The molecule has 0 spiro atoms. The summed E-state index contributed by atoms with van der Waals surface area (Å²) in [5, 5.41) is 9.48. The Hall–Kier alpha value is -1.70. The fraction of sp³-hybridized carbons (Fsp3) is 0.400. The number of rotatable bonds is 4. The van der Waals surface area contributed by atoms with Crippen molar-refractivity contribution in [2.75, 3.05) is 7.11 Å². The zero-order valence-electron chi connectivity index (χ0n) is 9.62. The Morgan fingerprint density at radius 2 is 2.16 bits per heavy atom. The molecule has 0 unspecified atom stereocenters. The molecule has 1 heterocycles. The molecule has 0 aliphatic carbocycles. The van der Waals surface area contributed by atoms with E-state index in [4.69, 9.17) is 11.6 Å². The van der Waals surface area contributed by atoms with Gasteiger partial charge in [0.2, 0.25) is 0 Å². The quantitative estimate of drug-likeness (QED) is 0.681. The number of halogens is 4. The Balaban J connectivity index is 3.14. The molecule has 9 heteroatoms. The average Bonchev–Trinajstić information content (AvgIpc) is 2.31. The first-order valence-corrected chi connectivity index (χ1v) is 5.40. The number of methoxy groups -OCH3 is 1. The van der Waals surface area contributed by atoms with Gasteiger partial charge in [-0.1, -0.05) is 0 Å². The van der Waals surface area contributed by atoms with E-state index in [0.717, 1.165) is 13.2 Å². The van der Waals surface area contributed by atoms with Crippen LogP contribution in [0.4, 0.5) is 13.2 Å². The van der Waals surface area contributed by atoms with Crippen LogP contribution in [0.1, 0.15) is 11.4 Å². The Kier molecular flexibility index (Phi) is 4.82. The van der Waals surface area contributed by atoms with Gasteiger partial charge < -0.3 is 14.6 Å². The van der Waals surface area contributed by atoms with Crippen LogP contribution in [0.15, 0.2) is 6.07 Å². The molecule has 0 aliphatic heterocycles. The molecule has 0 fully saturated rings. The number of ether oxygens (including phenoxy) is 2. The number of carbonyl (C=O) groups excluding carboxylic acids is 1. The molecule has 0 radical (unpaired) electrons. The predicted molar refractivity (Wildman–Crippen MR) is 57.9 cm³/mol. The number of aromatic hydroxyl groups is 1. The van der Waals surface area contributed by atoms with E-state index in [1.165, 1.54) is 0 Å². The zero-order valence-corrected chi connectivity index (χ0v) is 10.4. The van der Waals surface area contributed by atoms with Gasteiger partial charge in [0.25, 0.3) is 0 Å². The van der Waals surface area contributed by atoms with Gasteiger partial charge in [-0.2, -0.15) is 0 Å². The fourth-order valence-electron chi connectivity index (χ4n) is 1.23. The second kappa shape index (κ2) is 5.96. The lowest BCUT2D eigenvalue weighted by Gasteiger charge is -2.13. The number of alkyl halides is 4. The van der Waals surface area contributed by atoms with Crippen LogP contribution in [0.2, 0.25) is 0 Å². The second-order valence-electron chi connectivity index (χ2n) is 3.34. The number of pyridine rings is 1. The Labute approximate surface area is 110 Å². The number of aromatic nitrogens is 1. The highest BCUT2D eigenvalue weighted by atomic mass is 35.5. The molecule has 0 saturated carbocycles. The molecule has 0 saturated heterocycles. The molecule has 106 valence electrons. The summed E-state index contributed by atoms with van der Waals surface area (Å²) < 4.78 is 44.4. The van der Waals surface area contributed by atoms with Crippen molar-refractivity contribution < 1.29 is 32.5 Å². The number of carbonyl (C=O) groups is 1. The van der Waals surface area contributed by atoms with Crippen molar-refractivity contribution in [2.24, 2.45) is 0 Å². The van der Waals surface area contributed by atoms with Crippen LogP contribution in [0, 0.1) is 0 Å². The van der Waals surface area contributed by atoms with E-state index in [9.17, 15) is 23.1 Å². The van der Waals surface area contributed by atoms with Crippen molar-refractivity contribution in [2.45, 2.75) is 18.7 Å². The minimum Gasteiger partial charge on any atom is -0.503 e. The maximum Gasteiger partial charge on any atom is 0.573 e. The maximum atomic E-state index is 12.1. The molecule has 0 bridgehead atoms. The Bertz CT molecular complexity index is 479. The third kappa shape index (κ3) is 4.47. The van der Waals surface area contributed by atoms with E-state index in [1.54, 1.807) is 0 Å². The van der Waals surface area contributed by atoms with Crippen LogP contribution in [0.25, 0.3) is 0 Å². The van der Waals surface area contributed by atoms with Crippen molar-refractivity contribution in [1.82, 2.24) is 4.98 Å². The molecule has 19 heavy (non-hydrogen) atoms. The maximum absolute atomic E-state index is 12.1. The van der Waals surface area contributed by atoms with Gasteiger partial charge in [-0.3, -0.25) is 9.78 Å². The fourth-order valence-corrected chi connectivity index (χ4v) is 1.41. The van der Waals surface area contributed by atoms with Crippen LogP contribution in [-0.2, 0) is 21.8 Å². The third-order valence-corrected chi connectivity index (χ3v) is 2.24. The molecule has 0 atom stereocenters. The SMILES string of the molecule is COC(=O)Cc1cc(OC(F)(F)F)c(O)c(CCl)n1. The largest absolute Gasteiger partial charge is 0.573 e. The predicted octanol–water partition coefficient (Wildman–Crippen LogP) is 2.14. The molecule has 5 nitrogen and oxygen atoms in total. The van der Waals surface area contributed by atoms with Gasteiger partial charge in [-0.25, -0.2) is 0 Å². The lowest BCUT2D eigenvalue weighted by molar-refractivity contribution is -0.275. The first kappa shape index (κ1) is 15.4. The molecule has 0 aliphatic rings. The summed E-state index contributed by atoms with van der Waals surface area (Å²) in [4.78, 5) is 14.8. The topological polar surface area (TPSA) is 68.7 Å². The molecular formula is C10H9ClF3NO4. The summed E-state index contributed by atoms with van der Waals surface area (Å²) >= 11 is 5.44. The second-order valence-corrected chi connectivity index (χ2v) is 3.61. The summed E-state index contributed by atoms with van der Waals surface area (Å²) in [7, 11) is 1.12. The summed E-state index contributed by atoms with van der Waals surface area (Å²) in [5.41, 5.74) is -0.276. The monoisotopic (exact) mass is 299 g/mol. The highest BCUT2D eigenvalue weighted by Crippen LogP contribution is 2.34. The number of esters is 1. The summed E-state index contributed by atoms with van der Waals surface area (Å²) in [6, 6.07) is 0.801. The Morgan fingerprint density at radius 3 is 2.63 bits per heavy atom. The van der Waals surface area contributed by atoms with Gasteiger partial charge in [0.05, 0.1) is 25.1 Å². The summed E-state index contributed by atoms with van der Waals surface area (Å²) in [5.74, 6) is -2.72. The van der Waals surface area contributed by atoms with E-state index in [-0.39, 0.29) is 23.7 Å². The lowest BCUT2D eigenvalue weighted by Crippen LogP contribution is -2.18. The number of hydrogen-bond donors (Lipinski definition) is 1. The van der Waals surface area contributed by atoms with Crippen LogP contribution >= 0.6 is 11.6 Å². The highest BCUT2D eigenvalue weighted by Gasteiger charge is 2.33. The van der Waals surface area contributed by atoms with Crippen molar-refractivity contribution in [1.29, 1.82) is 0 Å². The van der Waals surface area contributed by atoms with E-state index in [2.05, 4.69) is 14.5 Å². The smallest absolute Gasteiger partial charge is 0.503 e. The molecule has 0 amide bonds. The van der Waals surface area contributed by atoms with Gasteiger partial charge in [0, 0.05) is 6.07 Å². The Morgan fingerprint density at radius 1 is 1.53 bits per heavy atom. The third-order valence-electron chi connectivity index (χ3n) is 1.99. The van der Waals surface area contributed by atoms with Gasteiger partial charge >= 0.3 is 12.3 Å². The van der Waals surface area contributed by atoms with Gasteiger partial charge in [-0.15, -0.1) is 24.8 Å². The normalized spacial score (nSPS) is 11.2. The average molecular weight is 300 g/mol. The number of nitrogens with zero attached hydrogens (tertiary/aromatic N) is 1. The van der Waals surface area contributed by atoms with Gasteiger partial charge in [0.15, 0.2) is 11.5 Å². The van der Waals surface area contributed by atoms with Crippen molar-refractivity contribution >= 4 is 17.6 Å². The van der Waals surface area contributed by atoms with Crippen LogP contribution in [0.5, 0.6) is 11.5 Å². The highest BCUT2D eigenvalue weighted by molar-refractivity contribution is 6.17. The lowest BCUT2D eigenvalue weighted by atomic mass is 10.2. The van der Waals surface area contributed by atoms with Crippen LogP contribution in [-0.4, -0.2) is 29.5 Å². The molecular weight excluding hydrogens is 291 g/mol.